The molecule has 1 aliphatic rings. The van der Waals surface area contributed by atoms with Crippen molar-refractivity contribution in [1.82, 2.24) is 4.90 Å². The van der Waals surface area contributed by atoms with E-state index >= 15 is 0 Å². The maximum absolute atomic E-state index is 13.5. The molecule has 0 aromatic heterocycles. The second-order valence-corrected chi connectivity index (χ2v) is 9.93. The quantitative estimate of drug-likeness (QED) is 0.353. The number of hydrogen-bond acceptors (Lipinski definition) is 7. The highest BCUT2D eigenvalue weighted by atomic mass is 32.2. The average molecular weight is 525 g/mol. The highest BCUT2D eigenvalue weighted by molar-refractivity contribution is 7.92. The number of nitro groups is 1. The fourth-order valence-corrected chi connectivity index (χ4v) is 5.34. The Kier molecular flexibility index (Phi) is 7.80. The van der Waals surface area contributed by atoms with Crippen LogP contribution >= 0.6 is 0 Å². The molecule has 3 aromatic carbocycles. The first-order valence-corrected chi connectivity index (χ1v) is 12.8. The number of nitro benzene ring substituents is 1. The van der Waals surface area contributed by atoms with Crippen molar-refractivity contribution in [2.75, 3.05) is 42.5 Å². The molecule has 1 N–H and O–H groups in total. The number of carbonyl (C=O) groups excluding carboxylic acids is 2. The number of carbonyl (C=O) groups is 2. The first-order chi connectivity index (χ1) is 17.8. The average Bonchev–Trinajstić information content (AvgIpc) is 2.92. The van der Waals surface area contributed by atoms with Gasteiger partial charge in [-0.05, 0) is 30.3 Å². The smallest absolute Gasteiger partial charge is 0.293 e. The van der Waals surface area contributed by atoms with E-state index in [4.69, 9.17) is 4.74 Å². The first kappa shape index (κ1) is 25.8. The van der Waals surface area contributed by atoms with Crippen LogP contribution in [0.2, 0.25) is 0 Å². The van der Waals surface area contributed by atoms with Gasteiger partial charge in [0.25, 0.3) is 21.6 Å². The number of hydrogen-bond donors (Lipinski definition) is 1. The molecular formula is C25H24N4O7S. The number of nitrogens with one attached hydrogen (secondary N) is 1. The molecule has 0 aliphatic carbocycles. The molecule has 192 valence electrons. The summed E-state index contributed by atoms with van der Waals surface area (Å²) in [6.45, 7) is 0.858. The third-order valence-corrected chi connectivity index (χ3v) is 7.47. The number of benzene rings is 3. The molecule has 0 radical (unpaired) electrons. The van der Waals surface area contributed by atoms with Crippen molar-refractivity contribution in [3.63, 3.8) is 0 Å². The molecule has 1 heterocycles. The Balaban J connectivity index is 1.66. The summed E-state index contributed by atoms with van der Waals surface area (Å²) < 4.78 is 33.0. The van der Waals surface area contributed by atoms with E-state index < -0.39 is 33.1 Å². The van der Waals surface area contributed by atoms with Gasteiger partial charge < -0.3 is 15.0 Å². The molecule has 0 spiro atoms. The molecular weight excluding hydrogens is 500 g/mol. The Labute approximate surface area is 213 Å². The van der Waals surface area contributed by atoms with Gasteiger partial charge in [0.2, 0.25) is 5.91 Å². The second kappa shape index (κ2) is 11.2. The Morgan fingerprint density at radius 3 is 2.27 bits per heavy atom. The lowest BCUT2D eigenvalue weighted by molar-refractivity contribution is -0.384. The van der Waals surface area contributed by atoms with E-state index in [0.717, 1.165) is 6.07 Å². The number of morpholine rings is 1. The van der Waals surface area contributed by atoms with E-state index in [2.05, 4.69) is 5.32 Å². The minimum Gasteiger partial charge on any atom is -0.378 e. The van der Waals surface area contributed by atoms with E-state index in [0.29, 0.717) is 30.6 Å². The predicted molar refractivity (Wildman–Crippen MR) is 136 cm³/mol. The minimum absolute atomic E-state index is 0.135. The summed E-state index contributed by atoms with van der Waals surface area (Å²) in [6.07, 6.45) is 0. The van der Waals surface area contributed by atoms with Crippen molar-refractivity contribution in [1.29, 1.82) is 0 Å². The van der Waals surface area contributed by atoms with Crippen LogP contribution in [0, 0.1) is 10.1 Å². The molecule has 0 bridgehead atoms. The molecule has 2 amide bonds. The number of amides is 2. The summed E-state index contributed by atoms with van der Waals surface area (Å²) in [4.78, 5) is 38.6. The van der Waals surface area contributed by atoms with Gasteiger partial charge in [0.05, 0.1) is 34.3 Å². The lowest BCUT2D eigenvalue weighted by atomic mass is 10.1. The van der Waals surface area contributed by atoms with Crippen LogP contribution in [-0.2, 0) is 19.6 Å². The van der Waals surface area contributed by atoms with Gasteiger partial charge in [-0.2, -0.15) is 0 Å². The molecule has 12 heteroatoms. The second-order valence-electron chi connectivity index (χ2n) is 8.07. The van der Waals surface area contributed by atoms with Gasteiger partial charge >= 0.3 is 0 Å². The first-order valence-electron chi connectivity index (χ1n) is 11.4. The topological polar surface area (TPSA) is 139 Å². The molecule has 0 saturated carbocycles. The van der Waals surface area contributed by atoms with Crippen LogP contribution in [0.5, 0.6) is 0 Å². The van der Waals surface area contributed by atoms with Crippen LogP contribution in [0.25, 0.3) is 0 Å². The maximum atomic E-state index is 13.5. The summed E-state index contributed by atoms with van der Waals surface area (Å²) in [7, 11) is -4.36. The lowest BCUT2D eigenvalue weighted by Crippen LogP contribution is -2.41. The predicted octanol–water partition coefficient (Wildman–Crippen LogP) is 2.90. The zero-order valence-corrected chi connectivity index (χ0v) is 20.5. The third kappa shape index (κ3) is 5.76. The van der Waals surface area contributed by atoms with Crippen LogP contribution in [0.4, 0.5) is 17.1 Å². The molecule has 0 unspecified atom stereocenters. The van der Waals surface area contributed by atoms with Crippen molar-refractivity contribution in [3.8, 4) is 0 Å². The highest BCUT2D eigenvalue weighted by Crippen LogP contribution is 2.32. The molecule has 3 aromatic rings. The van der Waals surface area contributed by atoms with E-state index in [-0.39, 0.29) is 27.7 Å². The van der Waals surface area contributed by atoms with Gasteiger partial charge in [-0.1, -0.05) is 42.5 Å². The number of para-hydroxylation sites is 3. The van der Waals surface area contributed by atoms with Gasteiger partial charge in [-0.3, -0.25) is 19.7 Å². The molecule has 1 aliphatic heterocycles. The Morgan fingerprint density at radius 2 is 1.57 bits per heavy atom. The lowest BCUT2D eigenvalue weighted by Gasteiger charge is -2.28. The van der Waals surface area contributed by atoms with Gasteiger partial charge in [0, 0.05) is 19.2 Å². The third-order valence-electron chi connectivity index (χ3n) is 5.70. The van der Waals surface area contributed by atoms with Gasteiger partial charge in [-0.25, -0.2) is 12.7 Å². The number of ether oxygens (including phenoxy) is 1. The number of nitrogens with zero attached hydrogens (tertiary/aromatic N) is 3. The molecule has 37 heavy (non-hydrogen) atoms. The molecule has 1 fully saturated rings. The van der Waals surface area contributed by atoms with Gasteiger partial charge in [0.1, 0.15) is 12.2 Å². The Morgan fingerprint density at radius 1 is 0.946 bits per heavy atom. The molecule has 0 atom stereocenters. The van der Waals surface area contributed by atoms with E-state index in [1.807, 2.05) is 0 Å². The van der Waals surface area contributed by atoms with Crippen LogP contribution in [0.1, 0.15) is 10.4 Å². The minimum atomic E-state index is -4.36. The zero-order chi connectivity index (χ0) is 26.4. The standard InChI is InChI=1S/C25H24N4O7S/c30-24(26-21-11-5-4-10-20(21)25(31)27-14-16-36-17-15-27)18-28(22-12-6-7-13-23(22)29(32)33)37(34,35)19-8-2-1-3-9-19/h1-13H,14-18H2,(H,26,30). The van der Waals surface area contributed by atoms with Crippen molar-refractivity contribution in [2.24, 2.45) is 0 Å². The summed E-state index contributed by atoms with van der Waals surface area (Å²) in [6, 6.07) is 19.0. The summed E-state index contributed by atoms with van der Waals surface area (Å²) in [5.41, 5.74) is -0.300. The van der Waals surface area contributed by atoms with E-state index in [1.54, 1.807) is 29.2 Å². The van der Waals surface area contributed by atoms with Crippen LogP contribution < -0.4 is 9.62 Å². The fraction of sp³-hybridized carbons (Fsp3) is 0.200. The fourth-order valence-electron chi connectivity index (χ4n) is 3.88. The van der Waals surface area contributed by atoms with Crippen molar-refractivity contribution in [3.05, 3.63) is 94.5 Å². The van der Waals surface area contributed by atoms with Crippen molar-refractivity contribution in [2.45, 2.75) is 4.90 Å². The van der Waals surface area contributed by atoms with E-state index in [1.165, 1.54) is 48.5 Å². The largest absolute Gasteiger partial charge is 0.378 e. The molecule has 1 saturated heterocycles. The highest BCUT2D eigenvalue weighted by Gasteiger charge is 2.32. The number of rotatable bonds is 8. The van der Waals surface area contributed by atoms with Gasteiger partial charge in [-0.15, -0.1) is 0 Å². The van der Waals surface area contributed by atoms with Crippen LogP contribution in [-0.4, -0.2) is 62.9 Å². The SMILES string of the molecule is O=C(CN(c1ccccc1[N+](=O)[O-])S(=O)(=O)c1ccccc1)Nc1ccccc1C(=O)N1CCOCC1. The van der Waals surface area contributed by atoms with E-state index in [9.17, 15) is 28.1 Å². The maximum Gasteiger partial charge on any atom is 0.293 e. The van der Waals surface area contributed by atoms with Crippen LogP contribution in [0.3, 0.4) is 0 Å². The summed E-state index contributed by atoms with van der Waals surface area (Å²) in [5, 5.41) is 14.3. The Hall–Kier alpha value is -4.29. The van der Waals surface area contributed by atoms with Crippen molar-refractivity contribution >= 4 is 38.9 Å². The van der Waals surface area contributed by atoms with Crippen molar-refractivity contribution < 1.29 is 27.7 Å². The normalized spacial score (nSPS) is 13.6. The molecule has 4 rings (SSSR count). The van der Waals surface area contributed by atoms with Crippen LogP contribution in [0.15, 0.2) is 83.8 Å². The molecule has 11 nitrogen and oxygen atoms in total. The number of anilines is 2. The summed E-state index contributed by atoms with van der Waals surface area (Å²) in [5.74, 6) is -1.08. The summed E-state index contributed by atoms with van der Waals surface area (Å²) >= 11 is 0. The monoisotopic (exact) mass is 524 g/mol. The zero-order valence-electron chi connectivity index (χ0n) is 19.6. The van der Waals surface area contributed by atoms with Gasteiger partial charge in [0.15, 0.2) is 0 Å². The Bertz CT molecular complexity index is 1410. The number of sulfonamides is 1.